The van der Waals surface area contributed by atoms with E-state index in [1.165, 1.54) is 22.2 Å². The molecule has 1 saturated carbocycles. The van der Waals surface area contributed by atoms with Crippen molar-refractivity contribution in [2.24, 2.45) is 11.3 Å². The molecule has 29 heavy (non-hydrogen) atoms. The van der Waals surface area contributed by atoms with E-state index in [4.69, 9.17) is 4.74 Å². The van der Waals surface area contributed by atoms with Gasteiger partial charge in [-0.15, -0.1) is 11.3 Å². The summed E-state index contributed by atoms with van der Waals surface area (Å²) in [5, 5.41) is 0.720. The van der Waals surface area contributed by atoms with Crippen LogP contribution in [0.15, 0.2) is 11.1 Å². The number of aromatic nitrogens is 2. The maximum atomic E-state index is 13.3. The number of hydrogen-bond donors (Lipinski definition) is 0. The molecule has 0 radical (unpaired) electrons. The molecular formula is C23H32N2O3S. The minimum atomic E-state index is -0.650. The van der Waals surface area contributed by atoms with Gasteiger partial charge in [-0.1, -0.05) is 27.2 Å². The summed E-state index contributed by atoms with van der Waals surface area (Å²) in [5.41, 5.74) is 1.32. The lowest BCUT2D eigenvalue weighted by atomic mass is 9.72. The van der Waals surface area contributed by atoms with Gasteiger partial charge in [-0.25, -0.2) is 9.78 Å². The van der Waals surface area contributed by atoms with Crippen LogP contribution in [0.3, 0.4) is 0 Å². The van der Waals surface area contributed by atoms with Crippen molar-refractivity contribution in [3.05, 3.63) is 27.1 Å². The van der Waals surface area contributed by atoms with Gasteiger partial charge < -0.3 is 4.74 Å². The van der Waals surface area contributed by atoms with Crippen molar-refractivity contribution in [2.75, 3.05) is 0 Å². The number of carbonyl (C=O) groups excluding carboxylic acids is 1. The minimum absolute atomic E-state index is 0.00525. The third-order valence-corrected chi connectivity index (χ3v) is 7.97. The van der Waals surface area contributed by atoms with Crippen molar-refractivity contribution in [3.8, 4) is 0 Å². The molecule has 4 rings (SSSR count). The first-order valence-corrected chi connectivity index (χ1v) is 11.8. The number of nitrogens with zero attached hydrogens (tertiary/aromatic N) is 2. The van der Waals surface area contributed by atoms with Crippen LogP contribution < -0.4 is 5.56 Å². The van der Waals surface area contributed by atoms with E-state index in [1.54, 1.807) is 18.3 Å². The molecule has 2 aromatic rings. The van der Waals surface area contributed by atoms with Gasteiger partial charge in [0.05, 0.1) is 11.7 Å². The van der Waals surface area contributed by atoms with Crippen LogP contribution in [0, 0.1) is 11.3 Å². The second kappa shape index (κ2) is 7.86. The predicted molar refractivity (Wildman–Crippen MR) is 117 cm³/mol. The second-order valence-corrected chi connectivity index (χ2v) is 10.9. The van der Waals surface area contributed by atoms with Crippen LogP contribution >= 0.6 is 11.3 Å². The van der Waals surface area contributed by atoms with Gasteiger partial charge >= 0.3 is 5.97 Å². The van der Waals surface area contributed by atoms with Crippen LogP contribution in [0.25, 0.3) is 10.2 Å². The lowest BCUT2D eigenvalue weighted by Crippen LogP contribution is -2.32. The number of carbonyl (C=O) groups is 1. The van der Waals surface area contributed by atoms with Gasteiger partial charge in [-0.3, -0.25) is 9.36 Å². The minimum Gasteiger partial charge on any atom is -0.461 e. The zero-order valence-electron chi connectivity index (χ0n) is 18.0. The molecule has 5 nitrogen and oxygen atoms in total. The molecule has 2 aliphatic rings. The Morgan fingerprint density at radius 3 is 2.66 bits per heavy atom. The Hall–Kier alpha value is -1.69. The second-order valence-electron chi connectivity index (χ2n) is 9.82. The summed E-state index contributed by atoms with van der Waals surface area (Å²) in [5.74, 6) is 0.298. The summed E-state index contributed by atoms with van der Waals surface area (Å²) >= 11 is 1.65. The maximum absolute atomic E-state index is 13.3. The third-order valence-electron chi connectivity index (χ3n) is 6.81. The van der Waals surface area contributed by atoms with E-state index in [0.29, 0.717) is 5.92 Å². The van der Waals surface area contributed by atoms with Crippen LogP contribution in [0.4, 0.5) is 0 Å². The number of thiophene rings is 1. The lowest BCUT2D eigenvalue weighted by molar-refractivity contribution is -0.154. The normalized spacial score (nSPS) is 21.7. The van der Waals surface area contributed by atoms with E-state index >= 15 is 0 Å². The van der Waals surface area contributed by atoms with Gasteiger partial charge in [0.25, 0.3) is 5.56 Å². The quantitative estimate of drug-likeness (QED) is 0.657. The predicted octanol–water partition coefficient (Wildman–Crippen LogP) is 5.05. The zero-order valence-corrected chi connectivity index (χ0v) is 18.8. The fraction of sp³-hybridized carbons (Fsp3) is 0.696. The summed E-state index contributed by atoms with van der Waals surface area (Å²) in [6.07, 6.45) is 9.83. The van der Waals surface area contributed by atoms with E-state index in [9.17, 15) is 9.59 Å². The molecule has 2 atom stereocenters. The number of fused-ring (bicyclic) bond motifs is 3. The summed E-state index contributed by atoms with van der Waals surface area (Å²) < 4.78 is 7.16. The highest BCUT2D eigenvalue weighted by molar-refractivity contribution is 7.18. The molecule has 0 bridgehead atoms. The van der Waals surface area contributed by atoms with Crippen LogP contribution in [-0.4, -0.2) is 21.6 Å². The largest absolute Gasteiger partial charge is 0.461 e. The van der Waals surface area contributed by atoms with Gasteiger partial charge in [0.15, 0.2) is 0 Å². The molecule has 0 amide bonds. The first kappa shape index (κ1) is 20.6. The van der Waals surface area contributed by atoms with Crippen molar-refractivity contribution < 1.29 is 9.53 Å². The Bertz CT molecular complexity index is 963. The van der Waals surface area contributed by atoms with Gasteiger partial charge in [-0.2, -0.15) is 0 Å². The highest BCUT2D eigenvalue weighted by atomic mass is 32.1. The fourth-order valence-electron chi connectivity index (χ4n) is 4.75. The highest BCUT2D eigenvalue weighted by Crippen LogP contribution is 2.42. The summed E-state index contributed by atoms with van der Waals surface area (Å²) in [6.45, 7) is 8.62. The topological polar surface area (TPSA) is 61.2 Å². The van der Waals surface area contributed by atoms with Crippen LogP contribution in [0.5, 0.6) is 0 Å². The number of ether oxygens (including phenoxy) is 1. The standard InChI is InChI=1S/C23H32N2O3S/c1-14(22(27)28-16-8-6-5-7-9-16)25-13-24-20-19(21(25)26)17-11-10-15(23(2,3)4)12-18(17)29-20/h13-16H,5-12H2,1-4H3. The van der Waals surface area contributed by atoms with Gasteiger partial charge in [0.2, 0.25) is 0 Å². The Morgan fingerprint density at radius 2 is 1.97 bits per heavy atom. The molecule has 1 fully saturated rings. The van der Waals surface area contributed by atoms with Crippen LogP contribution in [0.2, 0.25) is 0 Å². The van der Waals surface area contributed by atoms with Gasteiger partial charge in [0.1, 0.15) is 17.0 Å². The van der Waals surface area contributed by atoms with Gasteiger partial charge in [0, 0.05) is 4.88 Å². The number of aryl methyl sites for hydroxylation is 1. The van der Waals surface area contributed by atoms with Crippen molar-refractivity contribution in [1.82, 2.24) is 9.55 Å². The van der Waals surface area contributed by atoms with Crippen molar-refractivity contribution in [2.45, 2.75) is 91.2 Å². The molecule has 2 unspecified atom stereocenters. The monoisotopic (exact) mass is 416 g/mol. The number of esters is 1. The molecule has 2 aromatic heterocycles. The van der Waals surface area contributed by atoms with Gasteiger partial charge in [-0.05, 0) is 68.8 Å². The first-order chi connectivity index (χ1) is 13.8. The molecule has 0 aliphatic heterocycles. The van der Waals surface area contributed by atoms with E-state index in [2.05, 4.69) is 25.8 Å². The Kier molecular flexibility index (Phi) is 5.58. The summed E-state index contributed by atoms with van der Waals surface area (Å²) in [6, 6.07) is -0.650. The molecule has 158 valence electrons. The van der Waals surface area contributed by atoms with E-state index in [0.717, 1.165) is 60.7 Å². The Labute approximate surface area is 176 Å². The molecular weight excluding hydrogens is 384 g/mol. The Morgan fingerprint density at radius 1 is 1.24 bits per heavy atom. The van der Waals surface area contributed by atoms with Crippen LogP contribution in [0.1, 0.15) is 82.7 Å². The summed E-state index contributed by atoms with van der Waals surface area (Å²) in [4.78, 5) is 32.6. The molecule has 0 N–H and O–H groups in total. The molecule has 6 heteroatoms. The molecule has 0 saturated heterocycles. The van der Waals surface area contributed by atoms with Crippen molar-refractivity contribution >= 4 is 27.5 Å². The number of hydrogen-bond acceptors (Lipinski definition) is 5. The summed E-state index contributed by atoms with van der Waals surface area (Å²) in [7, 11) is 0. The average molecular weight is 417 g/mol. The third kappa shape index (κ3) is 4.00. The average Bonchev–Trinajstić information content (AvgIpc) is 3.06. The smallest absolute Gasteiger partial charge is 0.329 e. The molecule has 2 heterocycles. The van der Waals surface area contributed by atoms with E-state index in [-0.39, 0.29) is 23.0 Å². The SMILES string of the molecule is CC(C(=O)OC1CCCCC1)n1cnc2sc3c(c2c1=O)CCC(C(C)(C)C)C3. The number of rotatable bonds is 3. The van der Waals surface area contributed by atoms with E-state index < -0.39 is 6.04 Å². The highest BCUT2D eigenvalue weighted by Gasteiger charge is 2.32. The van der Waals surface area contributed by atoms with Crippen molar-refractivity contribution in [1.29, 1.82) is 0 Å². The van der Waals surface area contributed by atoms with Crippen LogP contribution in [-0.2, 0) is 22.4 Å². The molecule has 0 spiro atoms. The fourth-order valence-corrected chi connectivity index (χ4v) is 6.01. The maximum Gasteiger partial charge on any atom is 0.329 e. The Balaban J connectivity index is 1.61. The van der Waals surface area contributed by atoms with E-state index in [1.807, 2.05) is 0 Å². The zero-order chi connectivity index (χ0) is 20.8. The molecule has 2 aliphatic carbocycles. The first-order valence-electron chi connectivity index (χ1n) is 11.0. The van der Waals surface area contributed by atoms with Crippen molar-refractivity contribution in [3.63, 3.8) is 0 Å². The lowest BCUT2D eigenvalue weighted by Gasteiger charge is -2.33. The molecule has 0 aromatic carbocycles.